The monoisotopic (exact) mass is 233 g/mol. The zero-order chi connectivity index (χ0) is 12.1. The minimum absolute atomic E-state index is 0.414. The molecule has 6 nitrogen and oxygen atoms in total. The van der Waals surface area contributed by atoms with Gasteiger partial charge < -0.3 is 15.5 Å². The van der Waals surface area contributed by atoms with Gasteiger partial charge in [-0.15, -0.1) is 5.10 Å². The van der Waals surface area contributed by atoms with Crippen molar-refractivity contribution in [2.24, 2.45) is 5.73 Å². The van der Waals surface area contributed by atoms with Crippen molar-refractivity contribution in [3.63, 3.8) is 0 Å². The van der Waals surface area contributed by atoms with E-state index in [2.05, 4.69) is 20.5 Å². The van der Waals surface area contributed by atoms with Crippen LogP contribution in [0.2, 0.25) is 0 Å². The van der Waals surface area contributed by atoms with Gasteiger partial charge in [0.05, 0.1) is 0 Å². The number of hydrogen-bond acceptors (Lipinski definition) is 6. The van der Waals surface area contributed by atoms with E-state index in [0.717, 1.165) is 5.56 Å². The Hall–Kier alpha value is -1.95. The first-order valence-electron chi connectivity index (χ1n) is 5.45. The molecule has 2 aromatic heterocycles. The molecule has 0 radical (unpaired) electrons. The number of rotatable bonds is 5. The molecule has 0 aliphatic heterocycles. The molecule has 0 aromatic carbocycles. The van der Waals surface area contributed by atoms with E-state index in [9.17, 15) is 0 Å². The molecule has 90 valence electrons. The number of nitrogens with two attached hydrogens (primary N) is 1. The van der Waals surface area contributed by atoms with Crippen LogP contribution in [0.3, 0.4) is 0 Å². The SMILES string of the molecule is Cc1ccncc1CNc1nnc(CCN)o1. The number of anilines is 1. The fourth-order valence-electron chi connectivity index (χ4n) is 1.40. The molecule has 0 atom stereocenters. The molecule has 0 bridgehead atoms. The lowest BCUT2D eigenvalue weighted by Crippen LogP contribution is -2.02. The number of nitrogens with zero attached hydrogens (tertiary/aromatic N) is 3. The highest BCUT2D eigenvalue weighted by atomic mass is 16.4. The lowest BCUT2D eigenvalue weighted by Gasteiger charge is -2.04. The smallest absolute Gasteiger partial charge is 0.315 e. The first kappa shape index (κ1) is 11.5. The van der Waals surface area contributed by atoms with Crippen LogP contribution in [0, 0.1) is 6.92 Å². The van der Waals surface area contributed by atoms with Crippen molar-refractivity contribution in [3.05, 3.63) is 35.5 Å². The minimum atomic E-state index is 0.414. The van der Waals surface area contributed by atoms with E-state index in [1.54, 1.807) is 6.20 Å². The van der Waals surface area contributed by atoms with Crippen LogP contribution in [0.5, 0.6) is 0 Å². The highest BCUT2D eigenvalue weighted by Crippen LogP contribution is 2.10. The standard InChI is InChI=1S/C11H15N5O/c1-8-3-5-13-6-9(8)7-14-11-16-15-10(17-11)2-4-12/h3,5-6H,2,4,7,12H2,1H3,(H,14,16). The van der Waals surface area contributed by atoms with Gasteiger partial charge in [-0.3, -0.25) is 4.98 Å². The maximum absolute atomic E-state index is 5.40. The Bertz CT molecular complexity index is 482. The fourth-order valence-corrected chi connectivity index (χ4v) is 1.40. The summed E-state index contributed by atoms with van der Waals surface area (Å²) >= 11 is 0. The van der Waals surface area contributed by atoms with Crippen molar-refractivity contribution < 1.29 is 4.42 Å². The molecule has 17 heavy (non-hydrogen) atoms. The second-order valence-corrected chi connectivity index (χ2v) is 3.70. The summed E-state index contributed by atoms with van der Waals surface area (Å²) in [7, 11) is 0. The normalized spacial score (nSPS) is 10.5. The quantitative estimate of drug-likeness (QED) is 0.797. The zero-order valence-electron chi connectivity index (χ0n) is 9.68. The highest BCUT2D eigenvalue weighted by molar-refractivity contribution is 5.27. The van der Waals surface area contributed by atoms with Crippen molar-refractivity contribution in [3.8, 4) is 0 Å². The molecule has 0 aliphatic rings. The van der Waals surface area contributed by atoms with E-state index >= 15 is 0 Å². The Labute approximate surface area is 99.3 Å². The van der Waals surface area contributed by atoms with Gasteiger partial charge in [-0.25, -0.2) is 0 Å². The van der Waals surface area contributed by atoms with Crippen molar-refractivity contribution in [1.29, 1.82) is 0 Å². The first-order chi connectivity index (χ1) is 8.29. The Morgan fingerprint density at radius 3 is 3.06 bits per heavy atom. The number of aryl methyl sites for hydroxylation is 1. The second-order valence-electron chi connectivity index (χ2n) is 3.70. The molecular formula is C11H15N5O. The molecule has 0 saturated heterocycles. The largest absolute Gasteiger partial charge is 0.408 e. The van der Waals surface area contributed by atoms with Crippen LogP contribution in [0.15, 0.2) is 22.9 Å². The Balaban J connectivity index is 1.95. The number of nitrogens with one attached hydrogen (secondary N) is 1. The zero-order valence-corrected chi connectivity index (χ0v) is 9.68. The van der Waals surface area contributed by atoms with Crippen molar-refractivity contribution in [1.82, 2.24) is 15.2 Å². The van der Waals surface area contributed by atoms with Crippen LogP contribution in [0.4, 0.5) is 6.01 Å². The molecule has 0 fully saturated rings. The summed E-state index contributed by atoms with van der Waals surface area (Å²) in [5.74, 6) is 0.554. The van der Waals surface area contributed by atoms with Gasteiger partial charge in [0.2, 0.25) is 5.89 Å². The number of aromatic nitrogens is 3. The third kappa shape index (κ3) is 3.01. The predicted octanol–water partition coefficient (Wildman–Crippen LogP) is 0.886. The topological polar surface area (TPSA) is 89.9 Å². The second kappa shape index (κ2) is 5.40. The highest BCUT2D eigenvalue weighted by Gasteiger charge is 2.05. The summed E-state index contributed by atoms with van der Waals surface area (Å²) in [6, 6.07) is 2.38. The Morgan fingerprint density at radius 2 is 2.29 bits per heavy atom. The minimum Gasteiger partial charge on any atom is -0.408 e. The maximum Gasteiger partial charge on any atom is 0.315 e. The summed E-state index contributed by atoms with van der Waals surface area (Å²) in [5, 5.41) is 10.8. The van der Waals surface area contributed by atoms with E-state index in [0.29, 0.717) is 31.4 Å². The Kier molecular flexibility index (Phi) is 3.66. The molecular weight excluding hydrogens is 218 g/mol. The third-order valence-electron chi connectivity index (χ3n) is 2.40. The number of pyridine rings is 1. The summed E-state index contributed by atoms with van der Waals surface area (Å²) in [6.45, 7) is 3.15. The van der Waals surface area contributed by atoms with Crippen LogP contribution in [-0.2, 0) is 13.0 Å². The Morgan fingerprint density at radius 1 is 1.41 bits per heavy atom. The molecule has 0 aliphatic carbocycles. The van der Waals surface area contributed by atoms with Gasteiger partial charge in [-0.2, -0.15) is 0 Å². The molecule has 0 unspecified atom stereocenters. The van der Waals surface area contributed by atoms with Crippen molar-refractivity contribution in [2.45, 2.75) is 19.9 Å². The van der Waals surface area contributed by atoms with Crippen LogP contribution in [0.1, 0.15) is 17.0 Å². The average molecular weight is 233 g/mol. The molecule has 2 aromatic rings. The fraction of sp³-hybridized carbons (Fsp3) is 0.364. The van der Waals surface area contributed by atoms with Gasteiger partial charge >= 0.3 is 6.01 Å². The lowest BCUT2D eigenvalue weighted by atomic mass is 10.2. The molecule has 3 N–H and O–H groups in total. The van der Waals surface area contributed by atoms with E-state index < -0.39 is 0 Å². The predicted molar refractivity (Wildman–Crippen MR) is 63.4 cm³/mol. The molecule has 2 heterocycles. The summed E-state index contributed by atoms with van der Waals surface area (Å²) < 4.78 is 5.35. The van der Waals surface area contributed by atoms with Gasteiger partial charge in [0.1, 0.15) is 0 Å². The van der Waals surface area contributed by atoms with E-state index in [-0.39, 0.29) is 0 Å². The van der Waals surface area contributed by atoms with E-state index in [1.807, 2.05) is 19.2 Å². The summed E-state index contributed by atoms with van der Waals surface area (Å²) in [5.41, 5.74) is 7.68. The van der Waals surface area contributed by atoms with Crippen LogP contribution < -0.4 is 11.1 Å². The van der Waals surface area contributed by atoms with E-state index in [4.69, 9.17) is 10.2 Å². The van der Waals surface area contributed by atoms with Crippen molar-refractivity contribution in [2.75, 3.05) is 11.9 Å². The van der Waals surface area contributed by atoms with Gasteiger partial charge in [-0.1, -0.05) is 5.10 Å². The summed E-state index contributed by atoms with van der Waals surface area (Å²) in [6.07, 6.45) is 4.19. The van der Waals surface area contributed by atoms with Crippen molar-refractivity contribution >= 4 is 6.01 Å². The lowest BCUT2D eigenvalue weighted by molar-refractivity contribution is 0.505. The molecule has 6 heteroatoms. The van der Waals surface area contributed by atoms with Gasteiger partial charge in [0.25, 0.3) is 0 Å². The van der Waals surface area contributed by atoms with Crippen LogP contribution >= 0.6 is 0 Å². The van der Waals surface area contributed by atoms with Crippen LogP contribution in [0.25, 0.3) is 0 Å². The maximum atomic E-state index is 5.40. The van der Waals surface area contributed by atoms with E-state index in [1.165, 1.54) is 5.56 Å². The van der Waals surface area contributed by atoms with Gasteiger partial charge in [0, 0.05) is 31.9 Å². The first-order valence-corrected chi connectivity index (χ1v) is 5.45. The molecule has 0 spiro atoms. The molecule has 0 amide bonds. The summed E-state index contributed by atoms with van der Waals surface area (Å²) in [4.78, 5) is 4.07. The molecule has 0 saturated carbocycles. The van der Waals surface area contributed by atoms with Gasteiger partial charge in [0.15, 0.2) is 0 Å². The number of hydrogen-bond donors (Lipinski definition) is 2. The average Bonchev–Trinajstić information content (AvgIpc) is 2.76. The molecule has 2 rings (SSSR count). The third-order valence-corrected chi connectivity index (χ3v) is 2.40. The van der Waals surface area contributed by atoms with Crippen LogP contribution in [-0.4, -0.2) is 21.7 Å². The van der Waals surface area contributed by atoms with Gasteiger partial charge in [-0.05, 0) is 24.1 Å².